The second-order valence-electron chi connectivity index (χ2n) is 22.2. The van der Waals surface area contributed by atoms with E-state index in [1.807, 2.05) is 24.3 Å². The third kappa shape index (κ3) is 16.3. The molecule has 0 aromatic heterocycles. The zero-order valence-electron chi connectivity index (χ0n) is 49.6. The smallest absolute Gasteiger partial charge is 0.192 e. The van der Waals surface area contributed by atoms with Crippen molar-refractivity contribution in [3.63, 3.8) is 0 Å². The normalized spacial score (nSPS) is 27.5. The molecule has 2 aromatic carbocycles. The van der Waals surface area contributed by atoms with Crippen molar-refractivity contribution in [2.75, 3.05) is 27.9 Å². The molecule has 0 bridgehead atoms. The van der Waals surface area contributed by atoms with E-state index >= 15 is 0 Å². The van der Waals surface area contributed by atoms with Crippen molar-refractivity contribution in [2.45, 2.75) is 248 Å². The minimum atomic E-state index is -2.31. The van der Waals surface area contributed by atoms with Crippen LogP contribution in [0.3, 0.4) is 0 Å². The van der Waals surface area contributed by atoms with Crippen LogP contribution in [0.25, 0.3) is 0 Å². The van der Waals surface area contributed by atoms with Gasteiger partial charge in [-0.15, -0.1) is 18.2 Å². The Bertz CT molecular complexity index is 1960. The second kappa shape index (κ2) is 30.9. The summed E-state index contributed by atoms with van der Waals surface area (Å²) in [5.41, 5.74) is 2.19. The van der Waals surface area contributed by atoms with Crippen LogP contribution in [-0.4, -0.2) is 119 Å². The maximum atomic E-state index is 7.80. The fourth-order valence-electron chi connectivity index (χ4n) is 12.1. The van der Waals surface area contributed by atoms with Gasteiger partial charge in [-0.25, -0.2) is 0 Å². The number of halogens is 1. The summed E-state index contributed by atoms with van der Waals surface area (Å²) in [7, 11) is -1.43. The van der Waals surface area contributed by atoms with Gasteiger partial charge in [0.05, 0.1) is 68.4 Å². The van der Waals surface area contributed by atoms with E-state index in [0.717, 1.165) is 77.7 Å². The number of benzene rings is 2. The lowest BCUT2D eigenvalue weighted by molar-refractivity contribution is -0.410. The van der Waals surface area contributed by atoms with Crippen LogP contribution in [-0.2, 0) is 59.6 Å². The molecule has 3 saturated heterocycles. The van der Waals surface area contributed by atoms with Crippen LogP contribution in [0.1, 0.15) is 126 Å². The van der Waals surface area contributed by atoms with Crippen molar-refractivity contribution in [3.8, 4) is 5.75 Å². The van der Waals surface area contributed by atoms with Gasteiger partial charge < -0.3 is 51.2 Å². The molecule has 0 radical (unpaired) electrons. The molecule has 15 heteroatoms. The molecule has 5 rings (SSSR count). The van der Waals surface area contributed by atoms with Gasteiger partial charge >= 0.3 is 0 Å². The zero-order valence-corrected chi connectivity index (χ0v) is 53.3. The fourth-order valence-corrected chi connectivity index (χ4v) is 21.1. The molecule has 76 heavy (non-hydrogen) atoms. The van der Waals surface area contributed by atoms with Crippen LogP contribution in [0.5, 0.6) is 5.75 Å². The first-order valence-electron chi connectivity index (χ1n) is 29.5. The molecule has 2 aromatic rings. The summed E-state index contributed by atoms with van der Waals surface area (Å²) >= 11 is 7.51. The molecule has 11 nitrogen and oxygen atoms in total. The van der Waals surface area contributed by atoms with Gasteiger partial charge in [0.25, 0.3) is 0 Å². The molecule has 0 amide bonds. The van der Waals surface area contributed by atoms with Crippen LogP contribution >= 0.6 is 11.6 Å². The van der Waals surface area contributed by atoms with E-state index in [1.54, 1.807) is 21.3 Å². The van der Waals surface area contributed by atoms with Crippen LogP contribution in [0.2, 0.25) is 54.4 Å². The van der Waals surface area contributed by atoms with Gasteiger partial charge in [0, 0.05) is 51.9 Å². The van der Waals surface area contributed by atoms with Gasteiger partial charge in [0.1, 0.15) is 11.9 Å². The highest BCUT2D eigenvalue weighted by molar-refractivity contribution is 6.74. The molecule has 2 spiro atoms. The van der Waals surface area contributed by atoms with Gasteiger partial charge in [-0.05, 0) is 96.9 Å². The molecular formula is C61H103ClO11Si3. The monoisotopic (exact) mass is 1130 g/mol. The Labute approximate surface area is 469 Å². The molecule has 0 aliphatic carbocycles. The summed E-state index contributed by atoms with van der Waals surface area (Å²) in [4.78, 5) is 0. The highest BCUT2D eigenvalue weighted by Crippen LogP contribution is 2.53. The number of rotatable bonds is 34. The number of ether oxygens (including phenoxy) is 8. The number of hydrogen-bond acceptors (Lipinski definition) is 11. The Morgan fingerprint density at radius 1 is 0.724 bits per heavy atom. The minimum Gasteiger partial charge on any atom is -0.497 e. The van der Waals surface area contributed by atoms with Crippen LogP contribution in [0, 0.1) is 11.8 Å². The molecule has 0 saturated carbocycles. The maximum absolute atomic E-state index is 7.80. The standard InChI is InChI=1S/C61H103ClO11Si3/c1-16-29-53(64-14)58(67-45-49-33-35-50(63-13)36-34-49)59(72-76(23-8,24-9)25-10)57(71-75(20-5,21-6)22-7)46(11)32-37-52-56(62)55(65-15)42-60(68-52)40-38-47(12)61(73-60)43-54(70-74(17-2,18-3)19-4)51(69-61)39-41-66-44-48-30-27-26-28-31-48/h16,26-28,30-37,46-47,51-59H,1,17-25,29,38-45H2,2-15H3/t46-,47-,51-,52+,53-,54-,55+,56+,57-,58-,59-,60+,61-/m0/s1. The lowest BCUT2D eigenvalue weighted by Crippen LogP contribution is -2.61. The van der Waals surface area contributed by atoms with E-state index in [9.17, 15) is 0 Å². The Kier molecular flexibility index (Phi) is 26.5. The summed E-state index contributed by atoms with van der Waals surface area (Å²) in [6.07, 6.45) is 7.38. The summed E-state index contributed by atoms with van der Waals surface area (Å²) in [5.74, 6) is -1.18. The Hall–Kier alpha value is -1.74. The molecule has 3 aliphatic rings. The highest BCUT2D eigenvalue weighted by Gasteiger charge is 2.61. The first kappa shape index (κ1) is 65.1. The molecule has 3 fully saturated rings. The summed E-state index contributed by atoms with van der Waals surface area (Å²) in [6.45, 7) is 30.8. The molecule has 0 unspecified atom stereocenters. The average molecular weight is 1130 g/mol. The van der Waals surface area contributed by atoms with Crippen molar-refractivity contribution in [1.82, 2.24) is 0 Å². The van der Waals surface area contributed by atoms with Crippen molar-refractivity contribution in [1.29, 1.82) is 0 Å². The predicted octanol–water partition coefficient (Wildman–Crippen LogP) is 15.2. The van der Waals surface area contributed by atoms with Crippen molar-refractivity contribution in [2.24, 2.45) is 11.8 Å². The fraction of sp³-hybridized carbons (Fsp3) is 0.738. The zero-order chi connectivity index (χ0) is 55.6. The first-order chi connectivity index (χ1) is 36.6. The Balaban J connectivity index is 1.53. The van der Waals surface area contributed by atoms with E-state index < -0.39 is 60.2 Å². The van der Waals surface area contributed by atoms with Crippen molar-refractivity contribution >= 4 is 36.6 Å². The van der Waals surface area contributed by atoms with Gasteiger partial charge in [0.2, 0.25) is 0 Å². The first-order valence-corrected chi connectivity index (χ1v) is 37.5. The van der Waals surface area contributed by atoms with Crippen LogP contribution < -0.4 is 4.74 Å². The van der Waals surface area contributed by atoms with Gasteiger partial charge in [-0.2, -0.15) is 0 Å². The molecular weight excluding hydrogens is 1030 g/mol. The third-order valence-electron chi connectivity index (χ3n) is 18.2. The minimum absolute atomic E-state index is 0.102. The second-order valence-corrected chi connectivity index (χ2v) is 36.8. The summed E-state index contributed by atoms with van der Waals surface area (Å²) in [6, 6.07) is 27.4. The van der Waals surface area contributed by atoms with E-state index in [2.05, 4.69) is 131 Å². The quantitative estimate of drug-likeness (QED) is 0.0290. The van der Waals surface area contributed by atoms with E-state index in [1.165, 1.54) is 0 Å². The lowest BCUT2D eigenvalue weighted by Gasteiger charge is -2.53. The highest BCUT2D eigenvalue weighted by atomic mass is 35.5. The number of alkyl halides is 1. The lowest BCUT2D eigenvalue weighted by atomic mass is 9.83. The molecule has 432 valence electrons. The number of hydrogen-bond donors (Lipinski definition) is 0. The van der Waals surface area contributed by atoms with Crippen LogP contribution in [0.15, 0.2) is 79.4 Å². The maximum Gasteiger partial charge on any atom is 0.192 e. The van der Waals surface area contributed by atoms with E-state index in [-0.39, 0.29) is 42.4 Å². The molecule has 3 heterocycles. The molecule has 0 N–H and O–H groups in total. The third-order valence-corrected chi connectivity index (χ3v) is 32.7. The SMILES string of the molecule is C=CC[C@H](OC)[C@H](OCc1ccc(OC)cc1)[C@@H](O[Si](CC)(CC)CC)[C@@H](O[Si](CC)(CC)CC)[C@@H](C)C=C[C@H]1O[C@@]2(CC[C@H](C)[C@]3(C[C@H](O[Si](CC)(CC)CC)[C@H](CCOCc4ccccc4)O3)O2)C[C@@H](OC)[C@@H]1Cl. The number of methoxy groups -OCH3 is 3. The van der Waals surface area contributed by atoms with Crippen LogP contribution in [0.4, 0.5) is 0 Å². The van der Waals surface area contributed by atoms with Crippen molar-refractivity contribution < 1.29 is 51.2 Å². The largest absolute Gasteiger partial charge is 0.497 e. The Morgan fingerprint density at radius 2 is 1.32 bits per heavy atom. The Morgan fingerprint density at radius 3 is 1.87 bits per heavy atom. The summed E-state index contributed by atoms with van der Waals surface area (Å²) < 4.78 is 76.7. The predicted molar refractivity (Wildman–Crippen MR) is 317 cm³/mol. The average Bonchev–Trinajstić information content (AvgIpc) is 3.80. The van der Waals surface area contributed by atoms with E-state index in [0.29, 0.717) is 51.9 Å². The topological polar surface area (TPSA) is 102 Å². The summed E-state index contributed by atoms with van der Waals surface area (Å²) in [5, 5.41) is -0.480. The van der Waals surface area contributed by atoms with Crippen molar-refractivity contribution in [3.05, 3.63) is 90.5 Å². The van der Waals surface area contributed by atoms with Gasteiger partial charge in [0.15, 0.2) is 36.5 Å². The van der Waals surface area contributed by atoms with E-state index in [4.69, 9.17) is 62.8 Å². The molecule has 3 aliphatic heterocycles. The molecule has 13 atom stereocenters. The van der Waals surface area contributed by atoms with Gasteiger partial charge in [-0.3, -0.25) is 0 Å². The van der Waals surface area contributed by atoms with Gasteiger partial charge in [-0.1, -0.05) is 137 Å².